The van der Waals surface area contributed by atoms with Crippen molar-refractivity contribution in [2.45, 2.75) is 64.7 Å². The summed E-state index contributed by atoms with van der Waals surface area (Å²) in [6.07, 6.45) is 1.54. The molecule has 6 rings (SSSR count). The number of hydrogen-bond acceptors (Lipinski definition) is 9. The first-order valence-electron chi connectivity index (χ1n) is 18.6. The van der Waals surface area contributed by atoms with Crippen LogP contribution in [-0.4, -0.2) is 59.7 Å². The molecule has 0 spiro atoms. The van der Waals surface area contributed by atoms with Crippen molar-refractivity contribution in [1.82, 2.24) is 0 Å². The molecule has 11 nitrogen and oxygen atoms in total. The van der Waals surface area contributed by atoms with Crippen molar-refractivity contribution in [1.29, 1.82) is 0 Å². The van der Waals surface area contributed by atoms with Gasteiger partial charge in [-0.15, -0.1) is 0 Å². The zero-order chi connectivity index (χ0) is 39.5. The van der Waals surface area contributed by atoms with Crippen LogP contribution in [-0.2, 0) is 20.6 Å². The summed E-state index contributed by atoms with van der Waals surface area (Å²) in [7, 11) is -3.10. The number of furan rings is 1. The van der Waals surface area contributed by atoms with E-state index in [1.807, 2.05) is 49.4 Å². The number of rotatable bonds is 14. The molecular weight excluding hydrogens is 717 g/mol. The Morgan fingerprint density at radius 1 is 0.982 bits per heavy atom. The third-order valence-electron chi connectivity index (χ3n) is 11.0. The van der Waals surface area contributed by atoms with Gasteiger partial charge in [-0.1, -0.05) is 93.1 Å². The number of nitrogens with zero attached hydrogens (tertiary/aromatic N) is 2. The quantitative estimate of drug-likeness (QED) is 0.0466. The van der Waals surface area contributed by atoms with Crippen molar-refractivity contribution in [3.63, 3.8) is 0 Å². The van der Waals surface area contributed by atoms with Gasteiger partial charge in [-0.2, -0.15) is 0 Å². The minimum Gasteiger partial charge on any atom is -0.459 e. The maximum atomic E-state index is 14.2. The molecule has 288 valence electrons. The lowest BCUT2D eigenvalue weighted by molar-refractivity contribution is -0.384. The number of allylic oxidation sites excluding steroid dienone is 1. The summed E-state index contributed by atoms with van der Waals surface area (Å²) in [6, 6.07) is 29.1. The molecule has 0 saturated carbocycles. The molecule has 0 radical (unpaired) electrons. The van der Waals surface area contributed by atoms with Crippen molar-refractivity contribution in [2.75, 3.05) is 18.1 Å². The Morgan fingerprint density at radius 3 is 2.20 bits per heavy atom. The van der Waals surface area contributed by atoms with Gasteiger partial charge < -0.3 is 24.2 Å². The lowest BCUT2D eigenvalue weighted by Crippen LogP contribution is -2.66. The molecule has 1 saturated heterocycles. The van der Waals surface area contributed by atoms with Gasteiger partial charge >= 0.3 is 0 Å². The van der Waals surface area contributed by atoms with E-state index in [2.05, 4.69) is 45.0 Å². The van der Waals surface area contributed by atoms with Crippen molar-refractivity contribution in [2.24, 2.45) is 17.8 Å². The summed E-state index contributed by atoms with van der Waals surface area (Å²) in [5, 5.41) is 45.9. The molecule has 0 bridgehead atoms. The Hall–Kier alpha value is -4.98. The average molecular weight is 765 g/mol. The molecule has 0 unspecified atom stereocenters. The van der Waals surface area contributed by atoms with Gasteiger partial charge in [0.25, 0.3) is 14.0 Å². The normalized spacial score (nSPS) is 19.9. The van der Waals surface area contributed by atoms with Gasteiger partial charge in [0.05, 0.1) is 41.8 Å². The fourth-order valence-corrected chi connectivity index (χ4v) is 13.0. The highest BCUT2D eigenvalue weighted by Crippen LogP contribution is 2.48. The first-order valence-corrected chi connectivity index (χ1v) is 20.5. The lowest BCUT2D eigenvalue weighted by atomic mass is 9.68. The lowest BCUT2D eigenvalue weighted by Gasteiger charge is -2.44. The number of nitro benzene ring substituents is 1. The van der Waals surface area contributed by atoms with E-state index in [0.717, 1.165) is 20.8 Å². The highest BCUT2D eigenvalue weighted by atomic mass is 28.4. The summed E-state index contributed by atoms with van der Waals surface area (Å²) >= 11 is 0. The Bertz CT molecular complexity index is 2050. The number of anilines is 1. The molecule has 2 amide bonds. The highest BCUT2D eigenvalue weighted by molar-refractivity contribution is 6.99. The van der Waals surface area contributed by atoms with Crippen LogP contribution in [0, 0.1) is 27.9 Å². The van der Waals surface area contributed by atoms with Crippen LogP contribution in [0.5, 0.6) is 0 Å². The zero-order valence-corrected chi connectivity index (χ0v) is 32.6. The molecule has 1 aromatic heterocycles. The number of hydrogen-bond donors (Lipinski definition) is 3. The summed E-state index contributed by atoms with van der Waals surface area (Å²) < 4.78 is 12.9. The van der Waals surface area contributed by atoms with Crippen molar-refractivity contribution >= 4 is 48.0 Å². The molecule has 1 fully saturated rings. The predicted molar refractivity (Wildman–Crippen MR) is 212 cm³/mol. The molecular formula is C43H48N2O9Si. The maximum Gasteiger partial charge on any atom is 0.271 e. The smallest absolute Gasteiger partial charge is 0.271 e. The molecule has 3 aromatic carbocycles. The van der Waals surface area contributed by atoms with E-state index >= 15 is 0 Å². The topological polar surface area (TPSA) is 164 Å². The number of carbonyl (C=O) groups is 2. The third-order valence-corrected chi connectivity index (χ3v) is 15.9. The van der Waals surface area contributed by atoms with E-state index in [-0.39, 0.29) is 42.5 Å². The van der Waals surface area contributed by atoms with Gasteiger partial charge in [0.1, 0.15) is 18.1 Å². The van der Waals surface area contributed by atoms with Gasteiger partial charge in [-0.25, -0.2) is 4.90 Å². The molecule has 1 aliphatic carbocycles. The number of fused-ring (bicyclic) bond motifs is 1. The van der Waals surface area contributed by atoms with Gasteiger partial charge in [-0.05, 0) is 77.0 Å². The predicted octanol–water partition coefficient (Wildman–Crippen LogP) is 5.92. The second kappa shape index (κ2) is 16.4. The number of imide groups is 1. The van der Waals surface area contributed by atoms with E-state index in [0.29, 0.717) is 29.1 Å². The molecule has 4 atom stereocenters. The van der Waals surface area contributed by atoms with E-state index in [1.54, 1.807) is 12.1 Å². The van der Waals surface area contributed by atoms with Crippen LogP contribution in [0.1, 0.15) is 58.5 Å². The van der Waals surface area contributed by atoms with Crippen molar-refractivity contribution < 1.29 is 38.7 Å². The molecule has 3 N–H and O–H groups in total. The van der Waals surface area contributed by atoms with Crippen molar-refractivity contribution in [3.05, 3.63) is 135 Å². The van der Waals surface area contributed by atoms with Crippen LogP contribution >= 0.6 is 0 Å². The first kappa shape index (κ1) is 39.7. The van der Waals surface area contributed by atoms with Crippen LogP contribution in [0.2, 0.25) is 5.04 Å². The Morgan fingerprint density at radius 2 is 1.64 bits per heavy atom. The standard InChI is InChI=1S/C43H48N2O9Si/c1-28(22-32-19-20-33(25-46)54-32)18-21-38(48)39-29(27-53-55(43(2,3)4,34-14-7-5-8-15-34)35-16-9-6-10-17-35)23-36-40(37(39)26-47)42(50)44(41(36)49)30-12-11-13-31(24-30)45(51)52/h5-17,19-20,22,24,36-38,40,46-48H,18,21,23,25-27H2,1-4H3/b28-22+/t36-,37+,38-,40-/m1/s1. The van der Waals surface area contributed by atoms with Crippen LogP contribution < -0.4 is 15.3 Å². The molecule has 55 heavy (non-hydrogen) atoms. The van der Waals surface area contributed by atoms with E-state index in [1.165, 1.54) is 24.3 Å². The Labute approximate surface area is 321 Å². The first-order chi connectivity index (χ1) is 26.3. The fraction of sp³-hybridized carbons (Fsp3) is 0.349. The van der Waals surface area contributed by atoms with Crippen LogP contribution in [0.15, 0.2) is 118 Å². The number of benzene rings is 3. The third kappa shape index (κ3) is 7.78. The minimum atomic E-state index is -3.10. The molecule has 4 aromatic rings. The second-order valence-electron chi connectivity index (χ2n) is 15.4. The Kier molecular flexibility index (Phi) is 11.8. The summed E-state index contributed by atoms with van der Waals surface area (Å²) in [6.45, 7) is 7.69. The van der Waals surface area contributed by atoms with Gasteiger partial charge in [0, 0.05) is 18.1 Å². The van der Waals surface area contributed by atoms with Crippen LogP contribution in [0.25, 0.3) is 6.08 Å². The van der Waals surface area contributed by atoms with Crippen LogP contribution in [0.4, 0.5) is 11.4 Å². The summed E-state index contributed by atoms with van der Waals surface area (Å²) in [5.74, 6) is -2.85. The van der Waals surface area contributed by atoms with Gasteiger partial charge in [0.15, 0.2) is 0 Å². The molecule has 2 heterocycles. The molecule has 12 heteroatoms. The van der Waals surface area contributed by atoms with E-state index in [4.69, 9.17) is 8.84 Å². The van der Waals surface area contributed by atoms with Gasteiger partial charge in [0.2, 0.25) is 11.8 Å². The number of non-ortho nitro benzene ring substituents is 1. The summed E-state index contributed by atoms with van der Waals surface area (Å²) in [4.78, 5) is 40.5. The molecule has 1 aliphatic heterocycles. The monoisotopic (exact) mass is 764 g/mol. The number of aliphatic hydroxyl groups is 3. The Balaban J connectivity index is 1.42. The molecule has 2 aliphatic rings. The van der Waals surface area contributed by atoms with E-state index in [9.17, 15) is 35.0 Å². The number of aliphatic hydroxyl groups excluding tert-OH is 3. The SMILES string of the molecule is C/C(=C\c1ccc(CO)o1)CC[C@@H](O)C1=C(CO[Si](c2ccccc2)(c2ccccc2)C(C)(C)C)C[C@H]2C(=O)N(c3cccc([N+](=O)[O-])c3)C(=O)[C@H]2[C@H]1CO. The van der Waals surface area contributed by atoms with Crippen molar-refractivity contribution in [3.8, 4) is 0 Å². The summed E-state index contributed by atoms with van der Waals surface area (Å²) in [5.41, 5.74) is 1.87. The van der Waals surface area contributed by atoms with Gasteiger partial charge in [-0.3, -0.25) is 19.7 Å². The fourth-order valence-electron chi connectivity index (χ4n) is 8.44. The maximum absolute atomic E-state index is 14.2. The highest BCUT2D eigenvalue weighted by Gasteiger charge is 2.56. The van der Waals surface area contributed by atoms with Crippen LogP contribution in [0.3, 0.4) is 0 Å². The average Bonchev–Trinajstić information content (AvgIpc) is 3.74. The number of nitro groups is 1. The minimum absolute atomic E-state index is 0.0445. The van der Waals surface area contributed by atoms with E-state index < -0.39 is 55.5 Å². The zero-order valence-electron chi connectivity index (χ0n) is 31.6. The number of amides is 2. The number of carbonyl (C=O) groups excluding carboxylic acids is 2. The largest absolute Gasteiger partial charge is 0.459 e. The second-order valence-corrected chi connectivity index (χ2v) is 19.7.